The molecule has 0 saturated carbocycles. The Hall–Kier alpha value is -0.200. The lowest BCUT2D eigenvalue weighted by atomic mass is 10.2. The van der Waals surface area contributed by atoms with Crippen LogP contribution in [0.4, 0.5) is 0 Å². The van der Waals surface area contributed by atoms with Gasteiger partial charge in [-0.25, -0.2) is 8.42 Å². The maximum absolute atomic E-state index is 11.8. The molecule has 2 heterocycles. The minimum atomic E-state index is -3.01. The highest BCUT2D eigenvalue weighted by molar-refractivity contribution is 7.91. The van der Waals surface area contributed by atoms with E-state index in [2.05, 4.69) is 10.2 Å². The van der Waals surface area contributed by atoms with E-state index in [1.807, 2.05) is 0 Å². The van der Waals surface area contributed by atoms with Crippen LogP contribution in [0.2, 0.25) is 0 Å². The van der Waals surface area contributed by atoms with Crippen molar-refractivity contribution in [3.63, 3.8) is 0 Å². The van der Waals surface area contributed by atoms with Gasteiger partial charge < -0.3 is 0 Å². The Morgan fingerprint density at radius 2 is 2.20 bits per heavy atom. The zero-order valence-corrected chi connectivity index (χ0v) is 10.4. The van der Waals surface area contributed by atoms with E-state index >= 15 is 0 Å². The summed E-state index contributed by atoms with van der Waals surface area (Å²) < 4.78 is 23.6. The summed E-state index contributed by atoms with van der Waals surface area (Å²) in [6.45, 7) is 0. The zero-order valence-electron chi connectivity index (χ0n) is 8.02. The third kappa shape index (κ3) is 2.32. The molecule has 4 nitrogen and oxygen atoms in total. The van der Waals surface area contributed by atoms with Gasteiger partial charge in [-0.05, 0) is 12.8 Å². The highest BCUT2D eigenvalue weighted by Crippen LogP contribution is 2.34. The molecule has 1 atom stereocenters. The van der Waals surface area contributed by atoms with Crippen LogP contribution in [0.1, 0.15) is 34.5 Å². The number of hydrogen-bond acceptors (Lipinski definition) is 5. The summed E-state index contributed by atoms with van der Waals surface area (Å²) in [6, 6.07) is 0. The van der Waals surface area contributed by atoms with Crippen molar-refractivity contribution in [2.45, 2.75) is 30.4 Å². The molecule has 15 heavy (non-hydrogen) atoms. The van der Waals surface area contributed by atoms with Gasteiger partial charge in [-0.15, -0.1) is 21.8 Å². The van der Waals surface area contributed by atoms with Gasteiger partial charge in [0.05, 0.1) is 11.6 Å². The average Bonchev–Trinajstić information content (AvgIpc) is 2.65. The Kier molecular flexibility index (Phi) is 3.27. The van der Waals surface area contributed by atoms with Crippen LogP contribution in [0.3, 0.4) is 0 Å². The Bertz CT molecular complexity index is 443. The van der Waals surface area contributed by atoms with Gasteiger partial charge in [0.25, 0.3) is 0 Å². The topological polar surface area (TPSA) is 59.9 Å². The summed E-state index contributed by atoms with van der Waals surface area (Å²) in [5.41, 5.74) is 0. The van der Waals surface area contributed by atoms with E-state index in [4.69, 9.17) is 11.6 Å². The van der Waals surface area contributed by atoms with E-state index in [1.165, 1.54) is 11.3 Å². The molecular weight excluding hydrogens is 256 g/mol. The van der Waals surface area contributed by atoms with Gasteiger partial charge in [-0.3, -0.25) is 0 Å². The van der Waals surface area contributed by atoms with Crippen LogP contribution in [0, 0.1) is 0 Å². The van der Waals surface area contributed by atoms with Crippen molar-refractivity contribution in [2.75, 3.05) is 5.75 Å². The highest BCUT2D eigenvalue weighted by Gasteiger charge is 2.32. The van der Waals surface area contributed by atoms with E-state index in [1.54, 1.807) is 0 Å². The fraction of sp³-hybridized carbons (Fsp3) is 0.750. The molecule has 0 bridgehead atoms. The first-order valence-electron chi connectivity index (χ1n) is 4.73. The van der Waals surface area contributed by atoms with Gasteiger partial charge >= 0.3 is 0 Å². The molecule has 1 aliphatic rings. The molecule has 7 heteroatoms. The molecule has 2 rings (SSSR count). The summed E-state index contributed by atoms with van der Waals surface area (Å²) in [5.74, 6) is 0.567. The molecule has 0 N–H and O–H groups in total. The van der Waals surface area contributed by atoms with Crippen molar-refractivity contribution in [2.24, 2.45) is 0 Å². The van der Waals surface area contributed by atoms with Crippen molar-refractivity contribution >= 4 is 32.8 Å². The first-order chi connectivity index (χ1) is 7.13. The normalized spacial score (nSPS) is 25.3. The van der Waals surface area contributed by atoms with Crippen LogP contribution < -0.4 is 0 Å². The van der Waals surface area contributed by atoms with E-state index < -0.39 is 15.1 Å². The fourth-order valence-corrected chi connectivity index (χ4v) is 4.96. The van der Waals surface area contributed by atoms with Crippen molar-refractivity contribution in [1.82, 2.24) is 10.2 Å². The molecule has 1 unspecified atom stereocenters. The molecule has 0 aliphatic carbocycles. The predicted molar refractivity (Wildman–Crippen MR) is 59.8 cm³/mol. The van der Waals surface area contributed by atoms with Crippen molar-refractivity contribution in [3.05, 3.63) is 10.0 Å². The lowest BCUT2D eigenvalue weighted by Gasteiger charge is -2.19. The fourth-order valence-electron chi connectivity index (χ4n) is 1.68. The van der Waals surface area contributed by atoms with Crippen LogP contribution in [0.15, 0.2) is 0 Å². The van der Waals surface area contributed by atoms with E-state index in [-0.39, 0.29) is 5.75 Å². The first-order valence-corrected chi connectivity index (χ1v) is 7.80. The van der Waals surface area contributed by atoms with Crippen LogP contribution in [0.25, 0.3) is 0 Å². The largest absolute Gasteiger partial charge is 0.228 e. The summed E-state index contributed by atoms with van der Waals surface area (Å²) in [7, 11) is -3.01. The molecule has 0 radical (unpaired) electrons. The number of alkyl halides is 1. The molecule has 1 aromatic rings. The first kappa shape index (κ1) is 11.3. The van der Waals surface area contributed by atoms with Gasteiger partial charge in [0, 0.05) is 0 Å². The molecule has 84 valence electrons. The molecule has 1 aliphatic heterocycles. The Morgan fingerprint density at radius 3 is 2.80 bits per heavy atom. The number of rotatable bonds is 2. The van der Waals surface area contributed by atoms with Crippen LogP contribution in [0.5, 0.6) is 0 Å². The second-order valence-electron chi connectivity index (χ2n) is 3.52. The SMILES string of the molecule is O=S1(=O)CCCCC1c1nnc(CCl)s1. The summed E-state index contributed by atoms with van der Waals surface area (Å²) in [4.78, 5) is 0. The third-order valence-corrected chi connectivity index (χ3v) is 6.23. The molecule has 1 aromatic heterocycles. The minimum Gasteiger partial charge on any atom is -0.228 e. The van der Waals surface area contributed by atoms with Crippen LogP contribution in [-0.2, 0) is 15.7 Å². The van der Waals surface area contributed by atoms with Gasteiger partial charge in [-0.2, -0.15) is 0 Å². The average molecular weight is 267 g/mol. The van der Waals surface area contributed by atoms with Gasteiger partial charge in [0.15, 0.2) is 9.84 Å². The third-order valence-electron chi connectivity index (χ3n) is 2.45. The predicted octanol–water partition coefficient (Wildman–Crippen LogP) is 1.92. The number of hydrogen-bond donors (Lipinski definition) is 0. The van der Waals surface area contributed by atoms with Crippen LogP contribution in [-0.4, -0.2) is 24.4 Å². The number of nitrogens with zero attached hydrogens (tertiary/aromatic N) is 2. The Labute approximate surface area is 97.6 Å². The number of aromatic nitrogens is 2. The van der Waals surface area contributed by atoms with E-state index in [9.17, 15) is 8.42 Å². The maximum Gasteiger partial charge on any atom is 0.159 e. The minimum absolute atomic E-state index is 0.271. The number of halogens is 1. The second kappa shape index (κ2) is 4.35. The lowest BCUT2D eigenvalue weighted by molar-refractivity contribution is 0.544. The molecular formula is C8H11ClN2O2S2. The molecule has 0 aromatic carbocycles. The van der Waals surface area contributed by atoms with Crippen molar-refractivity contribution in [3.8, 4) is 0 Å². The standard InChI is InChI=1S/C8H11ClN2O2S2/c9-5-7-10-11-8(14-7)6-3-1-2-4-15(6,12)13/h6H,1-5H2. The molecule has 1 fully saturated rings. The summed E-state index contributed by atoms with van der Waals surface area (Å²) in [5, 5.41) is 8.60. The molecule has 1 saturated heterocycles. The zero-order chi connectivity index (χ0) is 10.9. The van der Waals surface area contributed by atoms with E-state index in [0.717, 1.165) is 12.8 Å². The summed E-state index contributed by atoms with van der Waals surface area (Å²) in [6.07, 6.45) is 2.37. The molecule has 0 spiro atoms. The Morgan fingerprint density at radius 1 is 1.40 bits per heavy atom. The molecule has 0 amide bonds. The Balaban J connectivity index is 2.29. The smallest absolute Gasteiger partial charge is 0.159 e. The van der Waals surface area contributed by atoms with Crippen molar-refractivity contribution < 1.29 is 8.42 Å². The van der Waals surface area contributed by atoms with Crippen molar-refractivity contribution in [1.29, 1.82) is 0 Å². The second-order valence-corrected chi connectivity index (χ2v) is 7.18. The van der Waals surface area contributed by atoms with Gasteiger partial charge in [-0.1, -0.05) is 17.8 Å². The quantitative estimate of drug-likeness (QED) is 0.768. The summed E-state index contributed by atoms with van der Waals surface area (Å²) >= 11 is 6.92. The van der Waals surface area contributed by atoms with Gasteiger partial charge in [0.1, 0.15) is 15.3 Å². The highest BCUT2D eigenvalue weighted by atomic mass is 35.5. The van der Waals surface area contributed by atoms with Crippen LogP contribution >= 0.6 is 22.9 Å². The van der Waals surface area contributed by atoms with Gasteiger partial charge in [0.2, 0.25) is 0 Å². The lowest BCUT2D eigenvalue weighted by Crippen LogP contribution is -2.21. The van der Waals surface area contributed by atoms with E-state index in [0.29, 0.717) is 22.3 Å². The number of sulfone groups is 1. The monoisotopic (exact) mass is 266 g/mol. The maximum atomic E-state index is 11.8.